The van der Waals surface area contributed by atoms with Crippen LogP contribution < -0.4 is 5.32 Å². The summed E-state index contributed by atoms with van der Waals surface area (Å²) in [4.78, 5) is 24.5. The summed E-state index contributed by atoms with van der Waals surface area (Å²) in [5, 5.41) is 2.76. The zero-order valence-electron chi connectivity index (χ0n) is 16.9. The molecule has 0 atom stereocenters. The van der Waals surface area contributed by atoms with Crippen LogP contribution in [0.1, 0.15) is 53.0 Å². The van der Waals surface area contributed by atoms with Crippen molar-refractivity contribution in [3.63, 3.8) is 0 Å². The minimum atomic E-state index is -3.64. The molecular formula is C22H26N2O4S. The molecule has 0 aromatic heterocycles. The van der Waals surface area contributed by atoms with Crippen LogP contribution in [0.4, 0.5) is 5.69 Å². The van der Waals surface area contributed by atoms with Gasteiger partial charge in [-0.25, -0.2) is 8.42 Å². The summed E-state index contributed by atoms with van der Waals surface area (Å²) in [5.74, 6) is 0.0142. The van der Waals surface area contributed by atoms with Crippen molar-refractivity contribution in [2.75, 3.05) is 18.4 Å². The fourth-order valence-electron chi connectivity index (χ4n) is 3.39. The highest BCUT2D eigenvalue weighted by atomic mass is 32.2. The monoisotopic (exact) mass is 414 g/mol. The van der Waals surface area contributed by atoms with E-state index in [2.05, 4.69) is 12.2 Å². The third-order valence-corrected chi connectivity index (χ3v) is 7.26. The largest absolute Gasteiger partial charge is 0.322 e. The number of carbonyl (C=O) groups is 2. The number of benzene rings is 2. The molecule has 0 aliphatic carbocycles. The number of hydrogen-bond donors (Lipinski definition) is 1. The lowest BCUT2D eigenvalue weighted by atomic mass is 10.0. The molecule has 7 heteroatoms. The average molecular weight is 415 g/mol. The van der Waals surface area contributed by atoms with E-state index >= 15 is 0 Å². The normalized spacial score (nSPS) is 15.8. The molecule has 1 heterocycles. The van der Waals surface area contributed by atoms with Crippen LogP contribution in [0, 0.1) is 12.8 Å². The molecule has 0 spiro atoms. The molecule has 1 N–H and O–H groups in total. The molecule has 2 aromatic carbocycles. The SMILES string of the molecule is CC(=O)c1cccc(NC(=O)c2cc(S(=O)(=O)N3CCC(C)CC3)ccc2C)c1. The minimum Gasteiger partial charge on any atom is -0.322 e. The first-order chi connectivity index (χ1) is 13.7. The predicted molar refractivity (Wildman–Crippen MR) is 113 cm³/mol. The number of anilines is 1. The van der Waals surface area contributed by atoms with Gasteiger partial charge < -0.3 is 5.32 Å². The van der Waals surface area contributed by atoms with Gasteiger partial charge in [0.15, 0.2) is 5.78 Å². The Balaban J connectivity index is 1.86. The summed E-state index contributed by atoms with van der Waals surface area (Å²) in [6.45, 7) is 6.34. The lowest BCUT2D eigenvalue weighted by Gasteiger charge is -2.29. The number of sulfonamides is 1. The van der Waals surface area contributed by atoms with Crippen molar-refractivity contribution in [1.29, 1.82) is 0 Å². The van der Waals surface area contributed by atoms with Crippen molar-refractivity contribution in [3.8, 4) is 0 Å². The summed E-state index contributed by atoms with van der Waals surface area (Å²) in [6.07, 6.45) is 1.68. The van der Waals surface area contributed by atoms with Gasteiger partial charge in [0.2, 0.25) is 10.0 Å². The van der Waals surface area contributed by atoms with Gasteiger partial charge in [-0.05, 0) is 62.4 Å². The quantitative estimate of drug-likeness (QED) is 0.753. The number of piperidine rings is 1. The van der Waals surface area contributed by atoms with Crippen molar-refractivity contribution < 1.29 is 18.0 Å². The standard InChI is InChI=1S/C22H26N2O4S/c1-15-9-11-24(12-10-15)29(27,28)20-8-7-16(2)21(14-20)22(26)23-19-6-4-5-18(13-19)17(3)25/h4-8,13-15H,9-12H2,1-3H3,(H,23,26). The van der Waals surface area contributed by atoms with Crippen LogP contribution in [-0.4, -0.2) is 37.5 Å². The van der Waals surface area contributed by atoms with Gasteiger partial charge in [-0.2, -0.15) is 4.31 Å². The number of aryl methyl sites for hydroxylation is 1. The fraction of sp³-hybridized carbons (Fsp3) is 0.364. The van der Waals surface area contributed by atoms with Crippen molar-refractivity contribution >= 4 is 27.4 Å². The average Bonchev–Trinajstić information content (AvgIpc) is 2.68. The molecule has 0 unspecified atom stereocenters. The highest BCUT2D eigenvalue weighted by Crippen LogP contribution is 2.25. The molecule has 0 radical (unpaired) electrons. The van der Waals surface area contributed by atoms with Crippen LogP contribution in [0.25, 0.3) is 0 Å². The number of nitrogens with one attached hydrogen (secondary N) is 1. The van der Waals surface area contributed by atoms with Crippen LogP contribution >= 0.6 is 0 Å². The van der Waals surface area contributed by atoms with E-state index in [1.807, 2.05) is 0 Å². The van der Waals surface area contributed by atoms with Gasteiger partial charge in [0.1, 0.15) is 0 Å². The molecule has 1 saturated heterocycles. The van der Waals surface area contributed by atoms with Crippen LogP contribution in [-0.2, 0) is 10.0 Å². The van der Waals surface area contributed by atoms with Gasteiger partial charge in [-0.15, -0.1) is 0 Å². The molecule has 0 saturated carbocycles. The molecule has 3 rings (SSSR count). The molecule has 1 aliphatic rings. The number of amides is 1. The number of carbonyl (C=O) groups excluding carboxylic acids is 2. The molecule has 154 valence electrons. The number of Topliss-reactive ketones (excluding diaryl/α,β-unsaturated/α-hetero) is 1. The Bertz CT molecular complexity index is 1040. The van der Waals surface area contributed by atoms with Crippen molar-refractivity contribution in [3.05, 3.63) is 59.2 Å². The van der Waals surface area contributed by atoms with E-state index in [9.17, 15) is 18.0 Å². The summed E-state index contributed by atoms with van der Waals surface area (Å²) in [5.41, 5.74) is 1.96. The van der Waals surface area contributed by atoms with Gasteiger partial charge in [0.05, 0.1) is 4.90 Å². The van der Waals surface area contributed by atoms with Crippen LogP contribution in [0.3, 0.4) is 0 Å². The molecule has 1 aliphatic heterocycles. The lowest BCUT2D eigenvalue weighted by Crippen LogP contribution is -2.38. The Morgan fingerprint density at radius 1 is 1.07 bits per heavy atom. The van der Waals surface area contributed by atoms with E-state index in [4.69, 9.17) is 0 Å². The van der Waals surface area contributed by atoms with Gasteiger partial charge in [0.25, 0.3) is 5.91 Å². The topological polar surface area (TPSA) is 83.5 Å². The third kappa shape index (κ3) is 4.74. The van der Waals surface area contributed by atoms with Gasteiger partial charge in [-0.1, -0.05) is 25.1 Å². The fourth-order valence-corrected chi connectivity index (χ4v) is 4.89. The van der Waals surface area contributed by atoms with Crippen molar-refractivity contribution in [2.45, 2.75) is 38.5 Å². The lowest BCUT2D eigenvalue weighted by molar-refractivity contribution is 0.101. The van der Waals surface area contributed by atoms with Gasteiger partial charge in [0, 0.05) is 29.9 Å². The van der Waals surface area contributed by atoms with E-state index < -0.39 is 15.9 Å². The van der Waals surface area contributed by atoms with E-state index in [1.165, 1.54) is 17.3 Å². The summed E-state index contributed by atoms with van der Waals surface area (Å²) < 4.78 is 27.5. The Morgan fingerprint density at radius 3 is 2.41 bits per heavy atom. The minimum absolute atomic E-state index is 0.0961. The van der Waals surface area contributed by atoms with E-state index in [-0.39, 0.29) is 10.7 Å². The maximum Gasteiger partial charge on any atom is 0.255 e. The van der Waals surface area contributed by atoms with Crippen LogP contribution in [0.5, 0.6) is 0 Å². The molecule has 1 amide bonds. The molecule has 29 heavy (non-hydrogen) atoms. The number of nitrogens with zero attached hydrogens (tertiary/aromatic N) is 1. The molecule has 2 aromatic rings. The number of ketones is 1. The van der Waals surface area contributed by atoms with E-state index in [0.29, 0.717) is 41.4 Å². The smallest absolute Gasteiger partial charge is 0.255 e. The number of rotatable bonds is 5. The third-order valence-electron chi connectivity index (χ3n) is 5.36. The van der Waals surface area contributed by atoms with Gasteiger partial charge >= 0.3 is 0 Å². The number of hydrogen-bond acceptors (Lipinski definition) is 4. The van der Waals surface area contributed by atoms with Crippen molar-refractivity contribution in [2.24, 2.45) is 5.92 Å². The first-order valence-corrected chi connectivity index (χ1v) is 11.2. The Labute approximate surface area is 172 Å². The highest BCUT2D eigenvalue weighted by Gasteiger charge is 2.29. The molecule has 1 fully saturated rings. The van der Waals surface area contributed by atoms with Gasteiger partial charge in [-0.3, -0.25) is 9.59 Å². The molecule has 6 nitrogen and oxygen atoms in total. The summed E-state index contributed by atoms with van der Waals surface area (Å²) in [7, 11) is -3.64. The second-order valence-electron chi connectivity index (χ2n) is 7.65. The molecule has 0 bridgehead atoms. The Hall–Kier alpha value is -2.51. The predicted octanol–water partition coefficient (Wildman–Crippen LogP) is 3.87. The summed E-state index contributed by atoms with van der Waals surface area (Å²) >= 11 is 0. The first-order valence-electron chi connectivity index (χ1n) is 9.71. The summed E-state index contributed by atoms with van der Waals surface area (Å²) in [6, 6.07) is 11.3. The maximum atomic E-state index is 13.0. The maximum absolute atomic E-state index is 13.0. The van der Waals surface area contributed by atoms with E-state index in [1.54, 1.807) is 43.3 Å². The second kappa shape index (κ2) is 8.47. The first kappa shape index (κ1) is 21.2. The second-order valence-corrected chi connectivity index (χ2v) is 9.59. The highest BCUT2D eigenvalue weighted by molar-refractivity contribution is 7.89. The van der Waals surface area contributed by atoms with Crippen molar-refractivity contribution in [1.82, 2.24) is 4.31 Å². The zero-order valence-corrected chi connectivity index (χ0v) is 17.8. The molecular weight excluding hydrogens is 388 g/mol. The zero-order chi connectivity index (χ0) is 21.2. The van der Waals surface area contributed by atoms with Crippen LogP contribution in [0.2, 0.25) is 0 Å². The Morgan fingerprint density at radius 2 is 1.76 bits per heavy atom. The Kier molecular flexibility index (Phi) is 6.19. The van der Waals surface area contributed by atoms with Crippen LogP contribution in [0.15, 0.2) is 47.4 Å². The van der Waals surface area contributed by atoms with E-state index in [0.717, 1.165) is 12.8 Å².